The molecule has 7 nitrogen and oxygen atoms in total. The summed E-state index contributed by atoms with van der Waals surface area (Å²) in [6.07, 6.45) is 0. The van der Waals surface area contributed by atoms with Crippen LogP contribution in [0.4, 0.5) is 17.1 Å². The fraction of sp³-hybridized carbons (Fsp3) is 0.130. The fourth-order valence-corrected chi connectivity index (χ4v) is 4.37. The summed E-state index contributed by atoms with van der Waals surface area (Å²) in [5.41, 5.74) is 10.3. The molecule has 1 aliphatic rings. The molecule has 0 unspecified atom stereocenters. The normalized spacial score (nSPS) is 12.1. The zero-order chi connectivity index (χ0) is 22.4. The van der Waals surface area contributed by atoms with Crippen molar-refractivity contribution in [3.63, 3.8) is 0 Å². The number of nitrogens with two attached hydrogens (primary N) is 1. The molecule has 0 fully saturated rings. The molecular formula is C23H21N2NaO5S. The minimum absolute atomic E-state index is 0. The van der Waals surface area contributed by atoms with Gasteiger partial charge >= 0.3 is 29.6 Å². The number of hydrogen-bond acceptors (Lipinski definition) is 7. The monoisotopic (exact) mass is 460 g/mol. The van der Waals surface area contributed by atoms with E-state index in [-0.39, 0.29) is 74.7 Å². The SMILES string of the molecule is Cc1cc(C)c(Nc2cc(O[SH](=O)=O)c(N)c3c2C(=O)c2ccccc2C3=O)c(C)c1.[NaH]. The third kappa shape index (κ3) is 4.06. The van der Waals surface area contributed by atoms with Crippen molar-refractivity contribution in [2.24, 2.45) is 0 Å². The summed E-state index contributed by atoms with van der Waals surface area (Å²) in [5.74, 6) is -1.05. The van der Waals surface area contributed by atoms with Gasteiger partial charge in [-0.1, -0.05) is 42.0 Å². The van der Waals surface area contributed by atoms with Crippen LogP contribution < -0.4 is 15.2 Å². The number of nitrogen functional groups attached to an aromatic ring is 1. The average Bonchev–Trinajstić information content (AvgIpc) is 2.70. The second-order valence-corrected chi connectivity index (χ2v) is 8.13. The van der Waals surface area contributed by atoms with Crippen molar-refractivity contribution in [3.8, 4) is 5.75 Å². The Hall–Kier alpha value is -2.65. The number of nitrogens with one attached hydrogen (secondary N) is 1. The van der Waals surface area contributed by atoms with Gasteiger partial charge in [-0.05, 0) is 31.9 Å². The van der Waals surface area contributed by atoms with Crippen LogP contribution in [0.1, 0.15) is 48.5 Å². The maximum atomic E-state index is 13.4. The number of hydrogen-bond donors (Lipinski definition) is 3. The van der Waals surface area contributed by atoms with E-state index in [9.17, 15) is 18.0 Å². The number of benzene rings is 3. The number of fused-ring (bicyclic) bond motifs is 2. The molecule has 0 amide bonds. The van der Waals surface area contributed by atoms with E-state index in [1.807, 2.05) is 32.9 Å². The van der Waals surface area contributed by atoms with Crippen molar-refractivity contribution in [1.82, 2.24) is 0 Å². The fourth-order valence-electron chi connectivity index (χ4n) is 4.06. The molecule has 0 bridgehead atoms. The van der Waals surface area contributed by atoms with E-state index in [4.69, 9.17) is 9.92 Å². The Balaban J connectivity index is 0.00000289. The van der Waals surface area contributed by atoms with Crippen LogP contribution in [-0.2, 0) is 11.0 Å². The van der Waals surface area contributed by atoms with Crippen molar-refractivity contribution in [2.45, 2.75) is 20.8 Å². The molecule has 3 aromatic rings. The van der Waals surface area contributed by atoms with Gasteiger partial charge in [-0.3, -0.25) is 9.59 Å². The molecule has 0 aliphatic heterocycles. The third-order valence-corrected chi connectivity index (χ3v) is 5.66. The molecule has 0 saturated carbocycles. The van der Waals surface area contributed by atoms with Crippen molar-refractivity contribution in [2.75, 3.05) is 11.1 Å². The summed E-state index contributed by atoms with van der Waals surface area (Å²) in [4.78, 5) is 26.6. The van der Waals surface area contributed by atoms with Crippen LogP contribution in [0.15, 0.2) is 42.5 Å². The van der Waals surface area contributed by atoms with E-state index in [0.717, 1.165) is 22.4 Å². The van der Waals surface area contributed by atoms with Crippen LogP contribution in [0.5, 0.6) is 5.75 Å². The molecule has 9 heteroatoms. The van der Waals surface area contributed by atoms with Gasteiger partial charge in [-0.15, -0.1) is 0 Å². The second kappa shape index (κ2) is 9.07. The third-order valence-electron chi connectivity index (χ3n) is 5.31. The van der Waals surface area contributed by atoms with Crippen LogP contribution in [-0.4, -0.2) is 49.5 Å². The Labute approximate surface area is 209 Å². The molecule has 0 atom stereocenters. The number of ketones is 2. The van der Waals surface area contributed by atoms with E-state index in [0.29, 0.717) is 0 Å². The predicted octanol–water partition coefficient (Wildman–Crippen LogP) is 2.97. The first kappa shape index (κ1) is 24.0. The Bertz CT molecular complexity index is 1330. The van der Waals surface area contributed by atoms with Gasteiger partial charge in [0, 0.05) is 22.9 Å². The van der Waals surface area contributed by atoms with Gasteiger partial charge in [0.15, 0.2) is 17.3 Å². The van der Waals surface area contributed by atoms with E-state index in [2.05, 4.69) is 5.32 Å². The zero-order valence-corrected chi connectivity index (χ0v) is 18.0. The minimum atomic E-state index is -3.28. The number of thiol groups is 1. The molecule has 160 valence electrons. The molecule has 0 spiro atoms. The summed E-state index contributed by atoms with van der Waals surface area (Å²) in [5, 5.41) is 3.21. The molecule has 1 aliphatic carbocycles. The summed E-state index contributed by atoms with van der Waals surface area (Å²) in [6.45, 7) is 5.81. The van der Waals surface area contributed by atoms with Crippen LogP contribution in [0.2, 0.25) is 0 Å². The molecule has 0 saturated heterocycles. The van der Waals surface area contributed by atoms with Crippen molar-refractivity contribution in [1.29, 1.82) is 0 Å². The van der Waals surface area contributed by atoms with Crippen molar-refractivity contribution in [3.05, 3.63) is 81.4 Å². The number of aryl methyl sites for hydroxylation is 3. The molecule has 3 N–H and O–H groups in total. The molecule has 32 heavy (non-hydrogen) atoms. The van der Waals surface area contributed by atoms with Gasteiger partial charge < -0.3 is 15.2 Å². The number of carbonyl (C=O) groups excluding carboxylic acids is 2. The average molecular weight is 460 g/mol. The summed E-state index contributed by atoms with van der Waals surface area (Å²) in [7, 11) is -3.28. The number of carbonyl (C=O) groups is 2. The molecule has 0 radical (unpaired) electrons. The predicted molar refractivity (Wildman–Crippen MR) is 126 cm³/mol. The van der Waals surface area contributed by atoms with E-state index in [1.165, 1.54) is 6.07 Å². The van der Waals surface area contributed by atoms with Crippen LogP contribution in [0, 0.1) is 20.8 Å². The standard InChI is InChI=1S/C23H20N2O5S.Na.H/c1-11-8-12(2)21(13(3)9-11)25-16-10-17(30-31(28)29)20(24)19-18(16)22(26)14-6-4-5-7-15(14)23(19)27;;/h4-10,25,31H,24H2,1-3H3;;. The first-order valence-electron chi connectivity index (χ1n) is 9.51. The summed E-state index contributed by atoms with van der Waals surface area (Å²) < 4.78 is 27.3. The first-order valence-corrected chi connectivity index (χ1v) is 10.6. The molecule has 4 rings (SSSR count). The second-order valence-electron chi connectivity index (χ2n) is 7.50. The Morgan fingerprint density at radius 1 is 0.875 bits per heavy atom. The number of anilines is 3. The van der Waals surface area contributed by atoms with E-state index < -0.39 is 16.8 Å². The zero-order valence-electron chi connectivity index (χ0n) is 17.1. The summed E-state index contributed by atoms with van der Waals surface area (Å²) >= 11 is 0. The quantitative estimate of drug-likeness (QED) is 0.244. The van der Waals surface area contributed by atoms with Gasteiger partial charge in [0.25, 0.3) is 11.0 Å². The van der Waals surface area contributed by atoms with Gasteiger partial charge in [0.2, 0.25) is 0 Å². The van der Waals surface area contributed by atoms with Crippen LogP contribution >= 0.6 is 0 Å². The van der Waals surface area contributed by atoms with Gasteiger partial charge in [-0.2, -0.15) is 8.42 Å². The Kier molecular flexibility index (Phi) is 6.80. The van der Waals surface area contributed by atoms with E-state index >= 15 is 0 Å². The van der Waals surface area contributed by atoms with Crippen molar-refractivity contribution < 1.29 is 22.2 Å². The summed E-state index contributed by atoms with van der Waals surface area (Å²) in [6, 6.07) is 11.8. The Morgan fingerprint density at radius 3 is 1.94 bits per heavy atom. The van der Waals surface area contributed by atoms with E-state index in [1.54, 1.807) is 24.3 Å². The maximum absolute atomic E-state index is 13.4. The van der Waals surface area contributed by atoms with Gasteiger partial charge in [0.1, 0.15) is 0 Å². The number of rotatable bonds is 4. The van der Waals surface area contributed by atoms with Crippen molar-refractivity contribution >= 4 is 69.2 Å². The molecule has 3 aromatic carbocycles. The molecular weight excluding hydrogens is 439 g/mol. The first-order chi connectivity index (χ1) is 14.7. The van der Waals surface area contributed by atoms with Gasteiger partial charge in [0.05, 0.1) is 22.5 Å². The van der Waals surface area contributed by atoms with Crippen LogP contribution in [0.25, 0.3) is 0 Å². The Morgan fingerprint density at radius 2 is 1.41 bits per heavy atom. The molecule has 0 aromatic heterocycles. The van der Waals surface area contributed by atoms with Gasteiger partial charge in [-0.25, -0.2) is 0 Å². The topological polar surface area (TPSA) is 116 Å². The van der Waals surface area contributed by atoms with Crippen LogP contribution in [0.3, 0.4) is 0 Å². The molecule has 0 heterocycles.